The number of carbonyl (C=O) groups excluding carboxylic acids is 1. The summed E-state index contributed by atoms with van der Waals surface area (Å²) in [6.07, 6.45) is 0.588. The van der Waals surface area contributed by atoms with E-state index in [1.54, 1.807) is 7.05 Å². The molecule has 0 spiro atoms. The maximum absolute atomic E-state index is 10.9. The smallest absolute Gasteiger partial charge is 0.406 e. The molecule has 1 amide bonds. The molecule has 0 radical (unpaired) electrons. The Morgan fingerprint density at radius 2 is 2.07 bits per heavy atom. The number of hydrogen-bond acceptors (Lipinski definition) is 2. The lowest BCUT2D eigenvalue weighted by atomic mass is 9.98. The van der Waals surface area contributed by atoms with Gasteiger partial charge in [-0.2, -0.15) is 0 Å². The fourth-order valence-electron chi connectivity index (χ4n) is 1.42. The second kappa shape index (κ2) is 6.06. The molecule has 82 valence electrons. The number of carbonyl (C=O) groups is 1. The summed E-state index contributed by atoms with van der Waals surface area (Å²) in [5.41, 5.74) is 1.21. The number of ether oxygens (including phenoxy) is 1. The van der Waals surface area contributed by atoms with Crippen LogP contribution in [0.1, 0.15) is 24.8 Å². The highest BCUT2D eigenvalue weighted by molar-refractivity contribution is 5.66. The molecular weight excluding hydrogens is 190 g/mol. The third-order valence-electron chi connectivity index (χ3n) is 2.38. The molecule has 1 atom stereocenters. The summed E-state index contributed by atoms with van der Waals surface area (Å²) >= 11 is 0. The summed E-state index contributed by atoms with van der Waals surface area (Å²) in [4.78, 5) is 10.9. The number of hydrogen-bond donors (Lipinski definition) is 1. The average Bonchev–Trinajstić information content (AvgIpc) is 2.31. The van der Waals surface area contributed by atoms with Crippen molar-refractivity contribution in [2.24, 2.45) is 0 Å². The van der Waals surface area contributed by atoms with E-state index in [0.29, 0.717) is 6.61 Å². The minimum absolute atomic E-state index is 0.281. The molecule has 3 heteroatoms. The lowest BCUT2D eigenvalue weighted by Gasteiger charge is -2.15. The second-order valence-corrected chi connectivity index (χ2v) is 3.36. The molecule has 0 fully saturated rings. The van der Waals surface area contributed by atoms with Gasteiger partial charge in [-0.05, 0) is 12.0 Å². The second-order valence-electron chi connectivity index (χ2n) is 3.36. The summed E-state index contributed by atoms with van der Waals surface area (Å²) in [6, 6.07) is 10.1. The molecule has 0 saturated carbocycles. The summed E-state index contributed by atoms with van der Waals surface area (Å²) in [6.45, 7) is 2.52. The van der Waals surface area contributed by atoms with E-state index in [-0.39, 0.29) is 12.0 Å². The van der Waals surface area contributed by atoms with Crippen molar-refractivity contribution in [3.05, 3.63) is 35.9 Å². The zero-order chi connectivity index (χ0) is 11.1. The SMILES string of the molecule is CCC(COC(=O)NC)c1ccccc1. The van der Waals surface area contributed by atoms with E-state index in [2.05, 4.69) is 24.4 Å². The van der Waals surface area contributed by atoms with E-state index in [1.165, 1.54) is 5.56 Å². The molecule has 3 nitrogen and oxygen atoms in total. The Hall–Kier alpha value is -1.51. The van der Waals surface area contributed by atoms with Crippen molar-refractivity contribution in [2.75, 3.05) is 13.7 Å². The summed E-state index contributed by atoms with van der Waals surface area (Å²) < 4.78 is 5.05. The third-order valence-corrected chi connectivity index (χ3v) is 2.38. The molecule has 0 bridgehead atoms. The minimum atomic E-state index is -0.371. The molecule has 1 aromatic carbocycles. The van der Waals surface area contributed by atoms with Gasteiger partial charge in [0, 0.05) is 13.0 Å². The summed E-state index contributed by atoms with van der Waals surface area (Å²) in [7, 11) is 1.56. The van der Waals surface area contributed by atoms with Crippen molar-refractivity contribution >= 4 is 6.09 Å². The number of rotatable bonds is 4. The number of alkyl carbamates (subject to hydrolysis) is 1. The van der Waals surface area contributed by atoms with Crippen LogP contribution in [0.5, 0.6) is 0 Å². The molecule has 1 N–H and O–H groups in total. The van der Waals surface area contributed by atoms with E-state index in [0.717, 1.165) is 6.42 Å². The van der Waals surface area contributed by atoms with Crippen molar-refractivity contribution < 1.29 is 9.53 Å². The van der Waals surface area contributed by atoms with Crippen LogP contribution in [-0.2, 0) is 4.74 Å². The molecule has 15 heavy (non-hydrogen) atoms. The summed E-state index contributed by atoms with van der Waals surface area (Å²) in [5, 5.41) is 2.43. The third kappa shape index (κ3) is 3.62. The Kier molecular flexibility index (Phi) is 4.68. The maximum atomic E-state index is 10.9. The highest BCUT2D eigenvalue weighted by Gasteiger charge is 2.10. The maximum Gasteiger partial charge on any atom is 0.406 e. The Morgan fingerprint density at radius 1 is 1.40 bits per heavy atom. The Balaban J connectivity index is 2.53. The Morgan fingerprint density at radius 3 is 2.60 bits per heavy atom. The molecule has 0 aliphatic heterocycles. The Bertz CT molecular complexity index is 298. The fourth-order valence-corrected chi connectivity index (χ4v) is 1.42. The Labute approximate surface area is 90.4 Å². The molecule has 1 rings (SSSR count). The number of amides is 1. The molecule has 0 aliphatic carbocycles. The monoisotopic (exact) mass is 207 g/mol. The number of benzene rings is 1. The zero-order valence-corrected chi connectivity index (χ0v) is 9.19. The van der Waals surface area contributed by atoms with Crippen LogP contribution in [0.3, 0.4) is 0 Å². The van der Waals surface area contributed by atoms with E-state index in [9.17, 15) is 4.79 Å². The standard InChI is InChI=1S/C12H17NO2/c1-3-10(9-15-12(14)13-2)11-7-5-4-6-8-11/h4-8,10H,3,9H2,1-2H3,(H,13,14). The average molecular weight is 207 g/mol. The van der Waals surface area contributed by atoms with E-state index in [4.69, 9.17) is 4.74 Å². The topological polar surface area (TPSA) is 38.3 Å². The molecular formula is C12H17NO2. The number of nitrogens with one attached hydrogen (secondary N) is 1. The highest BCUT2D eigenvalue weighted by Crippen LogP contribution is 2.19. The van der Waals surface area contributed by atoms with Crippen LogP contribution in [-0.4, -0.2) is 19.7 Å². The van der Waals surface area contributed by atoms with Crippen molar-refractivity contribution in [3.63, 3.8) is 0 Å². The van der Waals surface area contributed by atoms with E-state index >= 15 is 0 Å². The molecule has 0 aromatic heterocycles. The largest absolute Gasteiger partial charge is 0.449 e. The minimum Gasteiger partial charge on any atom is -0.449 e. The lowest BCUT2D eigenvalue weighted by Crippen LogP contribution is -2.22. The van der Waals surface area contributed by atoms with Gasteiger partial charge in [-0.15, -0.1) is 0 Å². The van der Waals surface area contributed by atoms with Crippen molar-refractivity contribution in [3.8, 4) is 0 Å². The molecule has 1 unspecified atom stereocenters. The zero-order valence-electron chi connectivity index (χ0n) is 9.19. The molecule has 1 aromatic rings. The first kappa shape index (κ1) is 11.6. The first-order valence-electron chi connectivity index (χ1n) is 5.17. The van der Waals surface area contributed by atoms with Crippen LogP contribution in [0.25, 0.3) is 0 Å². The van der Waals surface area contributed by atoms with Crippen LogP contribution in [0.4, 0.5) is 4.79 Å². The van der Waals surface area contributed by atoms with Crippen molar-refractivity contribution in [2.45, 2.75) is 19.3 Å². The normalized spacial score (nSPS) is 11.9. The van der Waals surface area contributed by atoms with Gasteiger partial charge in [0.15, 0.2) is 0 Å². The first-order chi connectivity index (χ1) is 7.27. The fraction of sp³-hybridized carbons (Fsp3) is 0.417. The van der Waals surface area contributed by atoms with Gasteiger partial charge in [-0.25, -0.2) is 4.79 Å². The molecule has 0 aliphatic rings. The van der Waals surface area contributed by atoms with Crippen LogP contribution >= 0.6 is 0 Å². The predicted molar refractivity (Wildman–Crippen MR) is 59.9 cm³/mol. The van der Waals surface area contributed by atoms with E-state index in [1.807, 2.05) is 18.2 Å². The molecule has 0 saturated heterocycles. The van der Waals surface area contributed by atoms with Gasteiger partial charge < -0.3 is 10.1 Å². The van der Waals surface area contributed by atoms with Gasteiger partial charge in [0.1, 0.15) is 6.61 Å². The predicted octanol–water partition coefficient (Wildman–Crippen LogP) is 2.54. The van der Waals surface area contributed by atoms with Crippen LogP contribution in [0.2, 0.25) is 0 Å². The molecule has 0 heterocycles. The van der Waals surface area contributed by atoms with Gasteiger partial charge in [0.05, 0.1) is 0 Å². The van der Waals surface area contributed by atoms with Crippen LogP contribution in [0, 0.1) is 0 Å². The van der Waals surface area contributed by atoms with Crippen molar-refractivity contribution in [1.29, 1.82) is 0 Å². The quantitative estimate of drug-likeness (QED) is 0.824. The highest BCUT2D eigenvalue weighted by atomic mass is 16.5. The van der Waals surface area contributed by atoms with Crippen LogP contribution < -0.4 is 5.32 Å². The first-order valence-corrected chi connectivity index (χ1v) is 5.17. The summed E-state index contributed by atoms with van der Waals surface area (Å²) in [5.74, 6) is 0.281. The van der Waals surface area contributed by atoms with Crippen LogP contribution in [0.15, 0.2) is 30.3 Å². The lowest BCUT2D eigenvalue weighted by molar-refractivity contribution is 0.140. The van der Waals surface area contributed by atoms with Gasteiger partial charge in [-0.1, -0.05) is 37.3 Å². The van der Waals surface area contributed by atoms with Gasteiger partial charge in [0.25, 0.3) is 0 Å². The van der Waals surface area contributed by atoms with Gasteiger partial charge >= 0.3 is 6.09 Å². The van der Waals surface area contributed by atoms with Crippen molar-refractivity contribution in [1.82, 2.24) is 5.32 Å². The van der Waals surface area contributed by atoms with E-state index < -0.39 is 0 Å². The van der Waals surface area contributed by atoms with Gasteiger partial charge in [-0.3, -0.25) is 0 Å². The van der Waals surface area contributed by atoms with Gasteiger partial charge in [0.2, 0.25) is 0 Å².